The molecule has 1 atom stereocenters. The molecule has 0 aliphatic heterocycles. The molecule has 0 bridgehead atoms. The first kappa shape index (κ1) is 20.7. The van der Waals surface area contributed by atoms with Crippen molar-refractivity contribution < 1.29 is 14.4 Å². The van der Waals surface area contributed by atoms with Gasteiger partial charge in [-0.05, 0) is 57.2 Å². The lowest BCUT2D eigenvalue weighted by atomic mass is 9.93. The Balaban J connectivity index is 2.49. The zero-order chi connectivity index (χ0) is 21.1. The van der Waals surface area contributed by atoms with Crippen LogP contribution in [0.25, 0.3) is 0 Å². The highest BCUT2D eigenvalue weighted by molar-refractivity contribution is 7.91. The van der Waals surface area contributed by atoms with E-state index in [-0.39, 0.29) is 21.9 Å². The molecule has 0 N–H and O–H groups in total. The molecule has 3 rings (SSSR count). The molecule has 1 aliphatic carbocycles. The summed E-state index contributed by atoms with van der Waals surface area (Å²) >= 11 is 0. The van der Waals surface area contributed by atoms with Gasteiger partial charge >= 0.3 is 0 Å². The van der Waals surface area contributed by atoms with E-state index in [0.29, 0.717) is 0 Å². The van der Waals surface area contributed by atoms with Crippen molar-refractivity contribution >= 4 is 35.7 Å². The zero-order valence-electron chi connectivity index (χ0n) is 16.7. The third-order valence-corrected chi connectivity index (χ3v) is 11.0. The van der Waals surface area contributed by atoms with Crippen molar-refractivity contribution in [2.24, 2.45) is 0 Å². The Morgan fingerprint density at radius 1 is 0.759 bits per heavy atom. The van der Waals surface area contributed by atoms with Crippen molar-refractivity contribution in [3.63, 3.8) is 0 Å². The molecule has 3 nitrogen and oxygen atoms in total. The smallest absolute Gasteiger partial charge is 0.135 e. The van der Waals surface area contributed by atoms with E-state index in [1.54, 1.807) is 18.0 Å². The minimum absolute atomic E-state index is 0.0389. The van der Waals surface area contributed by atoms with Crippen LogP contribution in [0.4, 0.5) is 0 Å². The summed E-state index contributed by atoms with van der Waals surface area (Å²) in [5, 5.41) is 1.97. The van der Waals surface area contributed by atoms with Crippen molar-refractivity contribution in [3.05, 3.63) is 89.5 Å². The monoisotopic (exact) mass is 401 g/mol. The SMILES string of the molecule is CC(C)(C)[P+](c1ccccc1)(c1ccccc1)C1C=CC(=C=O)C(=C=O)C1=C=O. The van der Waals surface area contributed by atoms with Crippen molar-refractivity contribution in [3.8, 4) is 0 Å². The highest BCUT2D eigenvalue weighted by atomic mass is 31.2. The van der Waals surface area contributed by atoms with E-state index in [2.05, 4.69) is 45.0 Å². The topological polar surface area (TPSA) is 51.2 Å². The maximum Gasteiger partial charge on any atom is 0.135 e. The van der Waals surface area contributed by atoms with Crippen molar-refractivity contribution in [1.29, 1.82) is 0 Å². The fourth-order valence-corrected chi connectivity index (χ4v) is 9.80. The first-order chi connectivity index (χ1) is 13.9. The number of carbonyl (C=O) groups excluding carboxylic acids is 3. The molecule has 0 aromatic heterocycles. The lowest BCUT2D eigenvalue weighted by Crippen LogP contribution is -2.43. The van der Waals surface area contributed by atoms with Gasteiger partial charge < -0.3 is 0 Å². The van der Waals surface area contributed by atoms with Crippen LogP contribution in [0.5, 0.6) is 0 Å². The second-order valence-corrected chi connectivity index (χ2v) is 12.3. The Labute approximate surface area is 171 Å². The largest absolute Gasteiger partial charge is 0.233 e. The van der Waals surface area contributed by atoms with Crippen molar-refractivity contribution in [1.82, 2.24) is 0 Å². The van der Waals surface area contributed by atoms with Gasteiger partial charge in [0.05, 0.1) is 23.6 Å². The van der Waals surface area contributed by atoms with E-state index in [1.807, 2.05) is 48.4 Å². The first-order valence-corrected chi connectivity index (χ1v) is 11.2. The molecule has 0 radical (unpaired) electrons. The van der Waals surface area contributed by atoms with Gasteiger partial charge in [-0.2, -0.15) is 0 Å². The van der Waals surface area contributed by atoms with Crippen LogP contribution >= 0.6 is 7.26 Å². The molecule has 2 aromatic carbocycles. The first-order valence-electron chi connectivity index (χ1n) is 9.36. The summed E-state index contributed by atoms with van der Waals surface area (Å²) in [5.41, 5.74) is -0.221. The second kappa shape index (κ2) is 8.14. The number of benzene rings is 2. The van der Waals surface area contributed by atoms with Crippen LogP contribution in [0.1, 0.15) is 20.8 Å². The average Bonchev–Trinajstić information content (AvgIpc) is 2.74. The Hall–Kier alpha value is -3.04. The van der Waals surface area contributed by atoms with Gasteiger partial charge in [0.2, 0.25) is 0 Å². The van der Waals surface area contributed by atoms with Crippen LogP contribution in [0.15, 0.2) is 89.5 Å². The minimum atomic E-state index is -2.35. The molecule has 1 unspecified atom stereocenters. The minimum Gasteiger partial charge on any atom is -0.233 e. The molecule has 0 spiro atoms. The molecule has 0 heterocycles. The molecule has 0 amide bonds. The Morgan fingerprint density at radius 3 is 1.66 bits per heavy atom. The Kier molecular flexibility index (Phi) is 5.81. The molecule has 2 aromatic rings. The Bertz CT molecular complexity index is 1050. The molecule has 0 saturated carbocycles. The fraction of sp³-hybridized carbons (Fsp3) is 0.200. The molecule has 1 aliphatic rings. The van der Waals surface area contributed by atoms with E-state index in [9.17, 15) is 14.4 Å². The van der Waals surface area contributed by atoms with Gasteiger partial charge in [-0.25, -0.2) is 14.4 Å². The molecule has 0 fully saturated rings. The predicted octanol–water partition coefficient (Wildman–Crippen LogP) is 3.67. The van der Waals surface area contributed by atoms with E-state index < -0.39 is 12.9 Å². The van der Waals surface area contributed by atoms with E-state index >= 15 is 0 Å². The van der Waals surface area contributed by atoms with E-state index in [4.69, 9.17) is 0 Å². The normalized spacial score (nSPS) is 16.8. The lowest BCUT2D eigenvalue weighted by molar-refractivity contribution is 0.562. The van der Waals surface area contributed by atoms with E-state index in [1.165, 1.54) is 0 Å². The van der Waals surface area contributed by atoms with Crippen LogP contribution in [0, 0.1) is 0 Å². The maximum absolute atomic E-state index is 12.1. The van der Waals surface area contributed by atoms with Crippen molar-refractivity contribution in [2.75, 3.05) is 0 Å². The van der Waals surface area contributed by atoms with Crippen LogP contribution in [-0.2, 0) is 14.4 Å². The highest BCUT2D eigenvalue weighted by Crippen LogP contribution is 2.72. The number of rotatable bonds is 3. The quantitative estimate of drug-likeness (QED) is 0.583. The van der Waals surface area contributed by atoms with Crippen LogP contribution < -0.4 is 10.6 Å². The van der Waals surface area contributed by atoms with Gasteiger partial charge in [-0.15, -0.1) is 0 Å². The predicted molar refractivity (Wildman–Crippen MR) is 119 cm³/mol. The van der Waals surface area contributed by atoms with Crippen LogP contribution in [0.3, 0.4) is 0 Å². The second-order valence-electron chi connectivity index (χ2n) is 7.88. The van der Waals surface area contributed by atoms with Gasteiger partial charge in [0.25, 0.3) is 0 Å². The maximum atomic E-state index is 12.1. The lowest BCUT2D eigenvalue weighted by Gasteiger charge is -2.43. The molecule has 0 saturated heterocycles. The van der Waals surface area contributed by atoms with Crippen molar-refractivity contribution in [2.45, 2.75) is 31.6 Å². The number of allylic oxidation sites excluding steroid dienone is 5. The third-order valence-electron chi connectivity index (χ3n) is 5.40. The molecular weight excluding hydrogens is 379 g/mol. The molecule has 4 heteroatoms. The molecule has 144 valence electrons. The summed E-state index contributed by atoms with van der Waals surface area (Å²) in [6.45, 7) is 6.48. The zero-order valence-corrected chi connectivity index (χ0v) is 17.6. The standard InChI is InChI=1S/C25H22O3P/c1-25(2,3)29(20-10-6-4-7-11-20,21-12-8-5-9-13-21)24-15-14-19(16-26)22(17-27)23(24)18-28/h4-15,24H,1-3H3/q+1. The van der Waals surface area contributed by atoms with Crippen LogP contribution in [-0.4, -0.2) is 28.6 Å². The fourth-order valence-electron chi connectivity index (χ4n) is 4.28. The van der Waals surface area contributed by atoms with Gasteiger partial charge in [-0.1, -0.05) is 36.4 Å². The van der Waals surface area contributed by atoms with Crippen LogP contribution in [0.2, 0.25) is 0 Å². The Morgan fingerprint density at radius 2 is 1.28 bits per heavy atom. The molecular formula is C25H22O3P+. The highest BCUT2D eigenvalue weighted by Gasteiger charge is 2.60. The third kappa shape index (κ3) is 3.32. The number of hydrogen-bond donors (Lipinski definition) is 0. The average molecular weight is 401 g/mol. The summed E-state index contributed by atoms with van der Waals surface area (Å²) in [7, 11) is -2.35. The van der Waals surface area contributed by atoms with E-state index in [0.717, 1.165) is 10.6 Å². The molecule has 29 heavy (non-hydrogen) atoms. The van der Waals surface area contributed by atoms with Gasteiger partial charge in [0, 0.05) is 0 Å². The van der Waals surface area contributed by atoms with Gasteiger partial charge in [-0.3, -0.25) is 0 Å². The summed E-state index contributed by atoms with van der Waals surface area (Å²) in [6, 6.07) is 20.2. The van der Waals surface area contributed by atoms with Gasteiger partial charge in [0.15, 0.2) is 0 Å². The van der Waals surface area contributed by atoms with Gasteiger partial charge in [0.1, 0.15) is 39.7 Å². The number of hydrogen-bond acceptors (Lipinski definition) is 3. The summed E-state index contributed by atoms with van der Waals surface area (Å²) in [6.07, 6.45) is 3.45. The summed E-state index contributed by atoms with van der Waals surface area (Å²) in [4.78, 5) is 35.2. The summed E-state index contributed by atoms with van der Waals surface area (Å²) in [5.74, 6) is 5.53. The summed E-state index contributed by atoms with van der Waals surface area (Å²) < 4.78 is 0.